The molecule has 10 heteroatoms. The van der Waals surface area contributed by atoms with Crippen molar-refractivity contribution in [2.24, 2.45) is 0 Å². The van der Waals surface area contributed by atoms with Crippen LogP contribution in [0, 0.1) is 0 Å². The molecule has 3 heterocycles. The SMILES string of the molecule is C=C1CO[C@@H]2Oc3ccc(CCC(=O)OC)c(O[C@@H]4O[C@H](CO)[C@@H](O)[C@H](O)[C@H]4O)c3[C@H]12. The molecule has 0 amide bonds. The summed E-state index contributed by atoms with van der Waals surface area (Å²) in [6, 6.07) is 3.47. The van der Waals surface area contributed by atoms with Crippen molar-refractivity contribution in [3.63, 3.8) is 0 Å². The maximum Gasteiger partial charge on any atom is 0.305 e. The van der Waals surface area contributed by atoms with E-state index in [1.807, 2.05) is 0 Å². The van der Waals surface area contributed by atoms with E-state index < -0.39 is 49.6 Å². The number of aliphatic hydroxyl groups is 4. The highest BCUT2D eigenvalue weighted by Gasteiger charge is 2.48. The van der Waals surface area contributed by atoms with Gasteiger partial charge >= 0.3 is 5.97 Å². The number of rotatable bonds is 6. The normalized spacial score (nSPS) is 34.1. The van der Waals surface area contributed by atoms with Crippen LogP contribution >= 0.6 is 0 Å². The van der Waals surface area contributed by atoms with Crippen molar-refractivity contribution >= 4 is 5.97 Å². The number of methoxy groups -OCH3 is 1. The molecule has 7 atom stereocenters. The third kappa shape index (κ3) is 3.91. The fraction of sp³-hybridized carbons (Fsp3) is 0.571. The fourth-order valence-corrected chi connectivity index (χ4v) is 4.11. The van der Waals surface area contributed by atoms with Gasteiger partial charge in [0.1, 0.15) is 35.9 Å². The van der Waals surface area contributed by atoms with Crippen molar-refractivity contribution in [2.45, 2.75) is 55.8 Å². The van der Waals surface area contributed by atoms with Crippen LogP contribution in [0.15, 0.2) is 24.3 Å². The molecule has 3 aliphatic rings. The van der Waals surface area contributed by atoms with E-state index in [9.17, 15) is 25.2 Å². The zero-order chi connectivity index (χ0) is 22.3. The number of aryl methyl sites for hydroxylation is 1. The van der Waals surface area contributed by atoms with E-state index in [0.29, 0.717) is 29.2 Å². The molecule has 31 heavy (non-hydrogen) atoms. The van der Waals surface area contributed by atoms with E-state index in [1.165, 1.54) is 7.11 Å². The second kappa shape index (κ2) is 8.73. The van der Waals surface area contributed by atoms with Crippen molar-refractivity contribution in [3.05, 3.63) is 35.4 Å². The van der Waals surface area contributed by atoms with Crippen LogP contribution < -0.4 is 9.47 Å². The Balaban J connectivity index is 1.70. The summed E-state index contributed by atoms with van der Waals surface area (Å²) in [6.07, 6.45) is -7.36. The molecule has 0 spiro atoms. The van der Waals surface area contributed by atoms with Gasteiger partial charge in [0.15, 0.2) is 0 Å². The molecule has 0 aromatic heterocycles. The van der Waals surface area contributed by atoms with E-state index in [2.05, 4.69) is 6.58 Å². The van der Waals surface area contributed by atoms with Crippen LogP contribution in [-0.2, 0) is 25.4 Å². The highest BCUT2D eigenvalue weighted by Crippen LogP contribution is 2.52. The van der Waals surface area contributed by atoms with Crippen LogP contribution in [0.2, 0.25) is 0 Å². The minimum Gasteiger partial charge on any atom is -0.469 e. The fourth-order valence-electron chi connectivity index (χ4n) is 4.11. The topological polar surface area (TPSA) is 144 Å². The lowest BCUT2D eigenvalue weighted by Crippen LogP contribution is -2.60. The quantitative estimate of drug-likeness (QED) is 0.334. The minimum atomic E-state index is -1.58. The van der Waals surface area contributed by atoms with Gasteiger partial charge in [-0.05, 0) is 23.6 Å². The average molecular weight is 438 g/mol. The predicted octanol–water partition coefficient (Wildman–Crippen LogP) is -0.641. The molecule has 0 radical (unpaired) electrons. The van der Waals surface area contributed by atoms with Crippen molar-refractivity contribution in [1.29, 1.82) is 0 Å². The Morgan fingerprint density at radius 1 is 1.23 bits per heavy atom. The number of fused-ring (bicyclic) bond motifs is 3. The summed E-state index contributed by atoms with van der Waals surface area (Å²) in [5, 5.41) is 40.0. The Bertz CT molecular complexity index is 853. The smallest absolute Gasteiger partial charge is 0.305 e. The van der Waals surface area contributed by atoms with Gasteiger partial charge < -0.3 is 44.1 Å². The van der Waals surface area contributed by atoms with Gasteiger partial charge in [-0.15, -0.1) is 0 Å². The summed E-state index contributed by atoms with van der Waals surface area (Å²) in [5.74, 6) is 0.108. The second-order valence-corrected chi connectivity index (χ2v) is 7.79. The average Bonchev–Trinajstić information content (AvgIpc) is 3.32. The summed E-state index contributed by atoms with van der Waals surface area (Å²) >= 11 is 0. The molecule has 0 saturated carbocycles. The first-order chi connectivity index (χ1) is 14.8. The summed E-state index contributed by atoms with van der Waals surface area (Å²) in [4.78, 5) is 11.7. The van der Waals surface area contributed by atoms with Crippen molar-refractivity contribution in [3.8, 4) is 11.5 Å². The third-order valence-corrected chi connectivity index (χ3v) is 5.85. The number of hydrogen-bond acceptors (Lipinski definition) is 10. The first-order valence-electron chi connectivity index (χ1n) is 10.0. The van der Waals surface area contributed by atoms with Crippen LogP contribution in [-0.4, -0.2) is 83.7 Å². The standard InChI is InChI=1S/C21H26O10/c1-9-8-28-20-14(9)15-11(29-20)5-3-10(4-6-13(23)27-2)19(15)31-21-18(26)17(25)16(24)12(7-22)30-21/h3,5,12,14,16-18,20-22,24-26H,1,4,6-8H2,2H3/t12-,14+,16-,17+,18-,20-,21+/m1/s1. The Labute approximate surface area is 178 Å². The van der Waals surface area contributed by atoms with Crippen LogP contribution in [0.5, 0.6) is 11.5 Å². The van der Waals surface area contributed by atoms with Crippen LogP contribution in [0.3, 0.4) is 0 Å². The molecule has 1 aromatic carbocycles. The Hall–Kier alpha value is -2.21. The van der Waals surface area contributed by atoms with Gasteiger partial charge in [-0.2, -0.15) is 0 Å². The van der Waals surface area contributed by atoms with Gasteiger partial charge in [0.25, 0.3) is 0 Å². The first kappa shape index (κ1) is 22.0. The maximum atomic E-state index is 11.7. The van der Waals surface area contributed by atoms with Gasteiger partial charge in [0, 0.05) is 6.42 Å². The van der Waals surface area contributed by atoms with Gasteiger partial charge in [-0.1, -0.05) is 12.6 Å². The molecule has 1 aromatic rings. The van der Waals surface area contributed by atoms with E-state index in [1.54, 1.807) is 12.1 Å². The summed E-state index contributed by atoms with van der Waals surface area (Å²) < 4.78 is 27.7. The zero-order valence-corrected chi connectivity index (χ0v) is 17.0. The summed E-state index contributed by atoms with van der Waals surface area (Å²) in [6.45, 7) is 3.78. The Morgan fingerprint density at radius 3 is 2.71 bits per heavy atom. The molecular weight excluding hydrogens is 412 g/mol. The molecular formula is C21H26O10. The number of benzene rings is 1. The lowest BCUT2D eigenvalue weighted by Gasteiger charge is -2.40. The molecule has 3 aliphatic heterocycles. The van der Waals surface area contributed by atoms with Crippen LogP contribution in [0.1, 0.15) is 23.5 Å². The second-order valence-electron chi connectivity index (χ2n) is 7.79. The van der Waals surface area contributed by atoms with Gasteiger partial charge in [0.05, 0.1) is 31.8 Å². The number of aliphatic hydroxyl groups excluding tert-OH is 4. The zero-order valence-electron chi connectivity index (χ0n) is 17.0. The molecule has 2 saturated heterocycles. The van der Waals surface area contributed by atoms with E-state index in [-0.39, 0.29) is 18.8 Å². The van der Waals surface area contributed by atoms with Crippen molar-refractivity contribution in [1.82, 2.24) is 0 Å². The van der Waals surface area contributed by atoms with Gasteiger partial charge in [-0.25, -0.2) is 0 Å². The highest BCUT2D eigenvalue weighted by molar-refractivity contribution is 5.70. The van der Waals surface area contributed by atoms with Crippen LogP contribution in [0.4, 0.5) is 0 Å². The number of ether oxygens (including phenoxy) is 5. The minimum absolute atomic E-state index is 0.0900. The summed E-state index contributed by atoms with van der Waals surface area (Å²) in [7, 11) is 1.30. The first-order valence-corrected chi connectivity index (χ1v) is 10.0. The van der Waals surface area contributed by atoms with Crippen LogP contribution in [0.25, 0.3) is 0 Å². The summed E-state index contributed by atoms with van der Waals surface area (Å²) in [5.41, 5.74) is 2.06. The number of hydrogen-bond donors (Lipinski definition) is 4. The molecule has 2 fully saturated rings. The number of carbonyl (C=O) groups is 1. The van der Waals surface area contributed by atoms with E-state index >= 15 is 0 Å². The molecule has 0 aliphatic carbocycles. The molecule has 170 valence electrons. The van der Waals surface area contributed by atoms with E-state index in [4.69, 9.17) is 23.7 Å². The predicted molar refractivity (Wildman–Crippen MR) is 103 cm³/mol. The lowest BCUT2D eigenvalue weighted by molar-refractivity contribution is -0.277. The molecule has 4 rings (SSSR count). The van der Waals surface area contributed by atoms with Gasteiger partial charge in [-0.3, -0.25) is 4.79 Å². The van der Waals surface area contributed by atoms with Crippen molar-refractivity contribution < 1.29 is 48.9 Å². The lowest BCUT2D eigenvalue weighted by atomic mass is 9.91. The highest BCUT2D eigenvalue weighted by atomic mass is 16.7. The number of esters is 1. The molecule has 0 unspecified atom stereocenters. The monoisotopic (exact) mass is 438 g/mol. The molecule has 10 nitrogen and oxygen atoms in total. The Morgan fingerprint density at radius 2 is 2.00 bits per heavy atom. The van der Waals surface area contributed by atoms with Gasteiger partial charge in [0.2, 0.25) is 12.6 Å². The van der Waals surface area contributed by atoms with E-state index in [0.717, 1.165) is 5.57 Å². The third-order valence-electron chi connectivity index (χ3n) is 5.85. The molecule has 4 N–H and O–H groups in total. The maximum absolute atomic E-state index is 11.7. The number of carbonyl (C=O) groups excluding carboxylic acids is 1. The van der Waals surface area contributed by atoms with Crippen molar-refractivity contribution in [2.75, 3.05) is 20.3 Å². The Kier molecular flexibility index (Phi) is 6.20. The largest absolute Gasteiger partial charge is 0.469 e. The molecule has 0 bridgehead atoms.